The van der Waals surface area contributed by atoms with Gasteiger partial charge in [0.2, 0.25) is 5.88 Å². The summed E-state index contributed by atoms with van der Waals surface area (Å²) in [5, 5.41) is 19.5. The zero-order valence-corrected chi connectivity index (χ0v) is 20.0. The van der Waals surface area contributed by atoms with Gasteiger partial charge in [-0.1, -0.05) is 18.2 Å². The molecule has 0 spiro atoms. The molecule has 0 aliphatic carbocycles. The van der Waals surface area contributed by atoms with E-state index in [1.807, 2.05) is 18.2 Å². The van der Waals surface area contributed by atoms with Gasteiger partial charge in [-0.3, -0.25) is 4.79 Å². The van der Waals surface area contributed by atoms with Crippen LogP contribution in [0.25, 0.3) is 16.6 Å². The van der Waals surface area contributed by atoms with Crippen molar-refractivity contribution in [3.63, 3.8) is 0 Å². The maximum Gasteiger partial charge on any atom is 0.490 e. The van der Waals surface area contributed by atoms with E-state index in [1.54, 1.807) is 29.0 Å². The molecule has 0 bridgehead atoms. The second-order valence-electron chi connectivity index (χ2n) is 8.00. The molecule has 1 fully saturated rings. The van der Waals surface area contributed by atoms with Gasteiger partial charge in [-0.2, -0.15) is 23.4 Å². The number of nitrogens with zero attached hydrogens (tertiary/aromatic N) is 5. The molecule has 1 saturated heterocycles. The Morgan fingerprint density at radius 3 is 2.45 bits per heavy atom. The number of carboxylic acids is 1. The summed E-state index contributed by atoms with van der Waals surface area (Å²) < 4.78 is 66.6. The van der Waals surface area contributed by atoms with E-state index in [2.05, 4.69) is 15.2 Å². The second-order valence-corrected chi connectivity index (χ2v) is 8.75. The highest BCUT2D eigenvalue weighted by Crippen LogP contribution is 2.33. The number of likely N-dealkylation sites (tertiary alicyclic amines) is 1. The minimum Gasteiger partial charge on any atom is -0.475 e. The molecule has 200 valence electrons. The van der Waals surface area contributed by atoms with Crippen LogP contribution in [0.15, 0.2) is 59.6 Å². The fraction of sp³-hybridized carbons (Fsp3) is 0.261. The van der Waals surface area contributed by atoms with Gasteiger partial charge in [0.15, 0.2) is 6.10 Å². The third-order valence-corrected chi connectivity index (χ3v) is 6.18. The van der Waals surface area contributed by atoms with Crippen LogP contribution in [-0.4, -0.2) is 73.2 Å². The second kappa shape index (κ2) is 10.7. The number of aliphatic carboxylic acids is 1. The summed E-state index contributed by atoms with van der Waals surface area (Å²) in [6.07, 6.45) is -4.05. The van der Waals surface area contributed by atoms with Gasteiger partial charge >= 0.3 is 12.1 Å². The van der Waals surface area contributed by atoms with Gasteiger partial charge in [0.05, 0.1) is 30.0 Å². The molecule has 0 radical (unpaired) electrons. The summed E-state index contributed by atoms with van der Waals surface area (Å²) in [7, 11) is 0. The highest BCUT2D eigenvalue weighted by molar-refractivity contribution is 7.08. The maximum atomic E-state index is 14.6. The van der Waals surface area contributed by atoms with E-state index in [0.717, 1.165) is 5.39 Å². The molecule has 1 unspecified atom stereocenters. The molecular weight excluding hydrogens is 537 g/mol. The average Bonchev–Trinajstić information content (AvgIpc) is 3.57. The van der Waals surface area contributed by atoms with E-state index in [-0.39, 0.29) is 24.9 Å². The molecule has 9 nitrogen and oxygen atoms in total. The highest BCUT2D eigenvalue weighted by Gasteiger charge is 2.47. The van der Waals surface area contributed by atoms with Gasteiger partial charge in [-0.05, 0) is 12.1 Å². The predicted molar refractivity (Wildman–Crippen MR) is 125 cm³/mol. The lowest BCUT2D eigenvalue weighted by molar-refractivity contribution is -0.192. The zero-order chi connectivity index (χ0) is 27.5. The van der Waals surface area contributed by atoms with E-state index < -0.39 is 30.6 Å². The number of carbonyl (C=O) groups is 2. The first-order valence-corrected chi connectivity index (χ1v) is 11.8. The maximum absolute atomic E-state index is 14.6. The van der Waals surface area contributed by atoms with Crippen LogP contribution in [0.3, 0.4) is 0 Å². The number of fused-ring (bicyclic) bond motifs is 1. The van der Waals surface area contributed by atoms with Gasteiger partial charge in [-0.15, -0.1) is 16.1 Å². The molecule has 1 atom stereocenters. The lowest BCUT2D eigenvalue weighted by atomic mass is 10.0. The van der Waals surface area contributed by atoms with Crippen LogP contribution in [0.2, 0.25) is 0 Å². The van der Waals surface area contributed by atoms with Crippen molar-refractivity contribution in [3.05, 3.63) is 65.1 Å². The Bertz CT molecular complexity index is 1430. The number of rotatable bonds is 4. The summed E-state index contributed by atoms with van der Waals surface area (Å²) >= 11 is 1.32. The van der Waals surface area contributed by atoms with Crippen molar-refractivity contribution in [1.82, 2.24) is 24.9 Å². The molecule has 1 aliphatic rings. The van der Waals surface area contributed by atoms with Crippen LogP contribution in [0.5, 0.6) is 5.88 Å². The van der Waals surface area contributed by atoms with Crippen LogP contribution < -0.4 is 4.74 Å². The number of ether oxygens (including phenoxy) is 1. The summed E-state index contributed by atoms with van der Waals surface area (Å²) in [6, 6.07) is 10.7. The van der Waals surface area contributed by atoms with Crippen molar-refractivity contribution >= 4 is 34.1 Å². The molecule has 0 saturated carbocycles. The zero-order valence-electron chi connectivity index (χ0n) is 19.2. The van der Waals surface area contributed by atoms with Crippen molar-refractivity contribution < 1.29 is 41.4 Å². The Morgan fingerprint density at radius 2 is 1.76 bits per heavy atom. The molecule has 4 aromatic rings. The standard InChI is InChI=1S/C21H17F2N5O2S.C2HF3O2/c22-21(23)7-10-27(20(29)15-12-31-13-17(15)28-24-8-9-25-28)11-18(21)30-19-6-5-14-3-1-2-4-16(14)26-19;3-2(4,5)1(6)7/h1-6,8-9,12-13,18H,7,10-11H2;(H,6,7). The van der Waals surface area contributed by atoms with Gasteiger partial charge < -0.3 is 14.7 Å². The first-order chi connectivity index (χ1) is 18.0. The van der Waals surface area contributed by atoms with Gasteiger partial charge in [0, 0.05) is 35.2 Å². The molecule has 1 aliphatic heterocycles. The molecule has 1 amide bonds. The molecule has 4 heterocycles. The molecule has 1 aromatic carbocycles. The first-order valence-electron chi connectivity index (χ1n) is 10.9. The van der Waals surface area contributed by atoms with Crippen molar-refractivity contribution in [3.8, 4) is 11.6 Å². The molecule has 5 rings (SSSR count). The first kappa shape index (κ1) is 26.9. The average molecular weight is 555 g/mol. The minimum atomic E-state index is -5.08. The monoisotopic (exact) mass is 555 g/mol. The van der Waals surface area contributed by atoms with Gasteiger partial charge in [-0.25, -0.2) is 18.6 Å². The Balaban J connectivity index is 0.000000426. The number of pyridine rings is 1. The van der Waals surface area contributed by atoms with Crippen molar-refractivity contribution in [2.24, 2.45) is 0 Å². The van der Waals surface area contributed by atoms with Crippen LogP contribution >= 0.6 is 11.3 Å². The van der Waals surface area contributed by atoms with Crippen LogP contribution in [-0.2, 0) is 4.79 Å². The molecular formula is C23H18F5N5O4S. The lowest BCUT2D eigenvalue weighted by Crippen LogP contribution is -2.55. The Kier molecular flexibility index (Phi) is 7.57. The number of alkyl halides is 5. The quantitative estimate of drug-likeness (QED) is 0.371. The number of carboxylic acid groups (broad SMARTS) is 1. The Morgan fingerprint density at radius 1 is 1.08 bits per heavy atom. The van der Waals surface area contributed by atoms with Crippen LogP contribution in [0, 0.1) is 0 Å². The third-order valence-electron chi connectivity index (χ3n) is 5.44. The lowest BCUT2D eigenvalue weighted by Gasteiger charge is -2.37. The normalized spacial score (nSPS) is 17.0. The summed E-state index contributed by atoms with van der Waals surface area (Å²) in [5.74, 6) is -6.09. The smallest absolute Gasteiger partial charge is 0.475 e. The predicted octanol–water partition coefficient (Wildman–Crippen LogP) is 4.44. The van der Waals surface area contributed by atoms with E-state index in [9.17, 15) is 26.7 Å². The summed E-state index contributed by atoms with van der Waals surface area (Å²) in [6.45, 7) is -0.319. The Labute approximate surface area is 215 Å². The number of amides is 1. The third kappa shape index (κ3) is 6.04. The molecule has 1 N–H and O–H groups in total. The van der Waals surface area contributed by atoms with Crippen molar-refractivity contribution in [2.45, 2.75) is 24.6 Å². The number of aromatic nitrogens is 4. The van der Waals surface area contributed by atoms with Crippen molar-refractivity contribution in [2.75, 3.05) is 13.1 Å². The number of hydrogen-bond acceptors (Lipinski definition) is 7. The SMILES string of the molecule is O=C(O)C(F)(F)F.O=C(c1cscc1-n1nccn1)N1CCC(F)(F)C(Oc2ccc3ccccc3n2)C1. The number of hydrogen-bond donors (Lipinski definition) is 1. The fourth-order valence-corrected chi connectivity index (χ4v) is 4.33. The molecule has 3 aromatic heterocycles. The summed E-state index contributed by atoms with van der Waals surface area (Å²) in [4.78, 5) is 29.1. The van der Waals surface area contributed by atoms with Gasteiger partial charge in [0.25, 0.3) is 11.8 Å². The van der Waals surface area contributed by atoms with E-state index in [1.165, 1.54) is 33.4 Å². The van der Waals surface area contributed by atoms with Gasteiger partial charge in [0.1, 0.15) is 5.69 Å². The number of thiophene rings is 1. The highest BCUT2D eigenvalue weighted by atomic mass is 32.1. The summed E-state index contributed by atoms with van der Waals surface area (Å²) in [5.41, 5.74) is 1.54. The number of piperidine rings is 1. The number of halogens is 5. The van der Waals surface area contributed by atoms with Crippen LogP contribution in [0.4, 0.5) is 22.0 Å². The van der Waals surface area contributed by atoms with Crippen molar-refractivity contribution in [1.29, 1.82) is 0 Å². The number of carbonyl (C=O) groups excluding carboxylic acids is 1. The van der Waals surface area contributed by atoms with E-state index in [4.69, 9.17) is 14.6 Å². The largest absolute Gasteiger partial charge is 0.490 e. The molecule has 15 heteroatoms. The minimum absolute atomic E-state index is 0.0708. The van der Waals surface area contributed by atoms with E-state index in [0.29, 0.717) is 16.8 Å². The van der Waals surface area contributed by atoms with E-state index >= 15 is 0 Å². The Hall–Kier alpha value is -4.14. The molecule has 38 heavy (non-hydrogen) atoms. The topological polar surface area (TPSA) is 110 Å². The number of benzene rings is 1. The number of para-hydroxylation sites is 1. The fourth-order valence-electron chi connectivity index (χ4n) is 3.55. The van der Waals surface area contributed by atoms with Crippen LogP contribution in [0.1, 0.15) is 16.8 Å².